The molecule has 1 aliphatic heterocycles. The molecule has 0 radical (unpaired) electrons. The number of aromatic nitrogens is 1. The van der Waals surface area contributed by atoms with Gasteiger partial charge in [0.2, 0.25) is 0 Å². The fourth-order valence-electron chi connectivity index (χ4n) is 3.98. The van der Waals surface area contributed by atoms with E-state index in [2.05, 4.69) is 35.1 Å². The number of hydrogen-bond donors (Lipinski definition) is 2. The van der Waals surface area contributed by atoms with Gasteiger partial charge in [-0.25, -0.2) is 9.78 Å². The predicted molar refractivity (Wildman–Crippen MR) is 108 cm³/mol. The first-order chi connectivity index (χ1) is 13.6. The van der Waals surface area contributed by atoms with Crippen molar-refractivity contribution in [3.63, 3.8) is 0 Å². The highest BCUT2D eigenvalue weighted by atomic mass is 16.5. The largest absolute Gasteiger partial charge is 0.465 e. The summed E-state index contributed by atoms with van der Waals surface area (Å²) in [6, 6.07) is 6.48. The Hall–Kier alpha value is -2.54. The van der Waals surface area contributed by atoms with Crippen LogP contribution >= 0.6 is 0 Å². The van der Waals surface area contributed by atoms with E-state index >= 15 is 0 Å². The van der Waals surface area contributed by atoms with E-state index in [1.54, 1.807) is 6.20 Å². The zero-order valence-corrected chi connectivity index (χ0v) is 16.6. The van der Waals surface area contributed by atoms with E-state index in [1.165, 1.54) is 6.39 Å². The number of hydrogen-bond acceptors (Lipinski definition) is 5. The van der Waals surface area contributed by atoms with Crippen LogP contribution in [0.5, 0.6) is 0 Å². The van der Waals surface area contributed by atoms with Crippen molar-refractivity contribution in [3.05, 3.63) is 42.1 Å². The topological polar surface area (TPSA) is 87.8 Å². The fraction of sp³-hybridized carbons (Fsp3) is 0.524. The first-order valence-electron chi connectivity index (χ1n) is 9.98. The molecule has 1 amide bonds. The van der Waals surface area contributed by atoms with Crippen molar-refractivity contribution in [2.24, 2.45) is 0 Å². The highest BCUT2D eigenvalue weighted by molar-refractivity contribution is 5.89. The zero-order valence-electron chi connectivity index (χ0n) is 16.6. The number of benzene rings is 1. The number of nitrogens with zero attached hydrogens (tertiary/aromatic N) is 2. The van der Waals surface area contributed by atoms with Crippen LogP contribution in [0, 0.1) is 0 Å². The molecule has 2 N–H and O–H groups in total. The molecule has 152 valence electrons. The van der Waals surface area contributed by atoms with Gasteiger partial charge in [0.25, 0.3) is 0 Å². The number of rotatable bonds is 8. The summed E-state index contributed by atoms with van der Waals surface area (Å²) in [5, 5.41) is 12.0. The Bertz CT molecular complexity index is 757. The monoisotopic (exact) mass is 387 g/mol. The third kappa shape index (κ3) is 4.84. The minimum absolute atomic E-state index is 0.231. The van der Waals surface area contributed by atoms with Gasteiger partial charge in [-0.1, -0.05) is 13.0 Å². The van der Waals surface area contributed by atoms with Crippen molar-refractivity contribution >= 4 is 17.5 Å². The molecule has 7 heteroatoms. The van der Waals surface area contributed by atoms with E-state index in [1.807, 2.05) is 12.1 Å². The van der Waals surface area contributed by atoms with Gasteiger partial charge in [0.05, 0.1) is 17.6 Å². The lowest BCUT2D eigenvalue weighted by molar-refractivity contribution is 0.0846. The van der Waals surface area contributed by atoms with Gasteiger partial charge in [-0.05, 0) is 49.8 Å². The van der Waals surface area contributed by atoms with Gasteiger partial charge in [0.15, 0.2) is 6.39 Å². The summed E-state index contributed by atoms with van der Waals surface area (Å²) in [5.41, 5.74) is 2.65. The molecule has 1 fully saturated rings. The van der Waals surface area contributed by atoms with Crippen LogP contribution in [0.4, 0.5) is 16.2 Å². The number of carboxylic acid groups (broad SMARTS) is 1. The second-order valence-corrected chi connectivity index (χ2v) is 7.11. The molecule has 2 heterocycles. The Morgan fingerprint density at radius 2 is 2.14 bits per heavy atom. The molecule has 1 aromatic heterocycles. The summed E-state index contributed by atoms with van der Waals surface area (Å²) in [4.78, 5) is 17.7. The minimum atomic E-state index is -1.05. The number of carbonyl (C=O) groups is 1. The van der Waals surface area contributed by atoms with Crippen LogP contribution in [-0.2, 0) is 11.2 Å². The molecular formula is C21H29N3O4. The lowest BCUT2D eigenvalue weighted by Gasteiger charge is -2.36. The average Bonchev–Trinajstić information content (AvgIpc) is 3.21. The molecule has 7 nitrogen and oxygen atoms in total. The van der Waals surface area contributed by atoms with Crippen molar-refractivity contribution in [2.75, 3.05) is 30.0 Å². The summed E-state index contributed by atoms with van der Waals surface area (Å²) in [5.74, 6) is 1.07. The molecule has 0 aliphatic carbocycles. The van der Waals surface area contributed by atoms with Gasteiger partial charge in [-0.3, -0.25) is 5.32 Å². The van der Waals surface area contributed by atoms with Gasteiger partial charge in [0, 0.05) is 32.2 Å². The molecule has 1 aliphatic rings. The van der Waals surface area contributed by atoms with E-state index in [-0.39, 0.29) is 5.92 Å². The summed E-state index contributed by atoms with van der Waals surface area (Å²) < 4.78 is 10.9. The van der Waals surface area contributed by atoms with E-state index in [9.17, 15) is 9.90 Å². The Kier molecular flexibility index (Phi) is 6.92. The normalized spacial score (nSPS) is 15.9. The lowest BCUT2D eigenvalue weighted by Crippen LogP contribution is -2.40. The number of nitrogens with one attached hydrogen (secondary N) is 1. The molecule has 1 saturated heterocycles. The second-order valence-electron chi connectivity index (χ2n) is 7.11. The molecule has 0 saturated carbocycles. The number of anilines is 2. The van der Waals surface area contributed by atoms with E-state index < -0.39 is 6.09 Å². The van der Waals surface area contributed by atoms with Crippen LogP contribution in [0.1, 0.15) is 50.4 Å². The van der Waals surface area contributed by atoms with Gasteiger partial charge in [-0.2, -0.15) is 0 Å². The first kappa shape index (κ1) is 20.2. The molecule has 28 heavy (non-hydrogen) atoms. The molecule has 0 bridgehead atoms. The molecule has 1 aromatic carbocycles. The van der Waals surface area contributed by atoms with Gasteiger partial charge in [-0.15, -0.1) is 0 Å². The highest BCUT2D eigenvalue weighted by Crippen LogP contribution is 2.35. The van der Waals surface area contributed by atoms with E-state index in [4.69, 9.17) is 9.15 Å². The number of amides is 1. The van der Waals surface area contributed by atoms with Crippen LogP contribution in [0.2, 0.25) is 0 Å². The van der Waals surface area contributed by atoms with Gasteiger partial charge in [0.1, 0.15) is 5.76 Å². The predicted octanol–water partition coefficient (Wildman–Crippen LogP) is 4.51. The number of oxazole rings is 1. The fourth-order valence-corrected chi connectivity index (χ4v) is 3.98. The van der Waals surface area contributed by atoms with Crippen LogP contribution in [0.25, 0.3) is 0 Å². The van der Waals surface area contributed by atoms with Crippen molar-refractivity contribution in [2.45, 2.75) is 51.5 Å². The average molecular weight is 387 g/mol. The summed E-state index contributed by atoms with van der Waals surface area (Å²) in [6.45, 7) is 6.53. The van der Waals surface area contributed by atoms with Crippen LogP contribution < -0.4 is 10.2 Å². The van der Waals surface area contributed by atoms with Gasteiger partial charge >= 0.3 is 6.09 Å². The standard InChI is InChI=1S/C21H29N3O4/c1-3-15(11-18-13-22-14-28-18)16-5-6-20(19(12-16)23-21(25)26)24(4-2)17-7-9-27-10-8-17/h5-6,12-15,17,23H,3-4,7-11H2,1-2H3,(H,25,26). The molecule has 0 spiro atoms. The lowest BCUT2D eigenvalue weighted by atomic mass is 9.91. The molecular weight excluding hydrogens is 358 g/mol. The Balaban J connectivity index is 1.90. The summed E-state index contributed by atoms with van der Waals surface area (Å²) in [6.07, 6.45) is 5.68. The minimum Gasteiger partial charge on any atom is -0.465 e. The summed E-state index contributed by atoms with van der Waals surface area (Å²) in [7, 11) is 0. The van der Waals surface area contributed by atoms with Crippen LogP contribution in [0.15, 0.2) is 35.2 Å². The third-order valence-electron chi connectivity index (χ3n) is 5.44. The molecule has 1 atom stereocenters. The number of ether oxygens (including phenoxy) is 1. The maximum Gasteiger partial charge on any atom is 0.409 e. The Labute approximate surface area is 165 Å². The van der Waals surface area contributed by atoms with Crippen molar-refractivity contribution in [1.82, 2.24) is 4.98 Å². The van der Waals surface area contributed by atoms with Crippen LogP contribution in [-0.4, -0.2) is 42.0 Å². The van der Waals surface area contributed by atoms with Crippen LogP contribution in [0.3, 0.4) is 0 Å². The smallest absolute Gasteiger partial charge is 0.409 e. The Morgan fingerprint density at radius 1 is 1.36 bits per heavy atom. The summed E-state index contributed by atoms with van der Waals surface area (Å²) >= 11 is 0. The quantitative estimate of drug-likeness (QED) is 0.693. The first-order valence-corrected chi connectivity index (χ1v) is 9.98. The van der Waals surface area contributed by atoms with Crippen molar-refractivity contribution in [3.8, 4) is 0 Å². The zero-order chi connectivity index (χ0) is 19.9. The Morgan fingerprint density at radius 3 is 2.75 bits per heavy atom. The van der Waals surface area contributed by atoms with Crippen molar-refractivity contribution in [1.29, 1.82) is 0 Å². The SMILES string of the molecule is CCC(Cc1cnco1)c1ccc(N(CC)C2CCOCC2)c(NC(=O)O)c1. The third-order valence-corrected chi connectivity index (χ3v) is 5.44. The maximum absolute atomic E-state index is 11.4. The highest BCUT2D eigenvalue weighted by Gasteiger charge is 2.24. The van der Waals surface area contributed by atoms with Gasteiger partial charge < -0.3 is 19.2 Å². The van der Waals surface area contributed by atoms with Crippen molar-refractivity contribution < 1.29 is 19.1 Å². The molecule has 1 unspecified atom stereocenters. The van der Waals surface area contributed by atoms with E-state index in [0.29, 0.717) is 11.7 Å². The second kappa shape index (κ2) is 9.59. The molecule has 2 aromatic rings. The van der Waals surface area contributed by atoms with E-state index in [0.717, 1.165) is 62.5 Å². The molecule has 3 rings (SSSR count). The maximum atomic E-state index is 11.4.